The average Bonchev–Trinajstić information content (AvgIpc) is 3.12. The van der Waals surface area contributed by atoms with Crippen LogP contribution >= 0.6 is 0 Å². The molecule has 0 N–H and O–H groups in total. The lowest BCUT2D eigenvalue weighted by atomic mass is 10.1. The third-order valence-corrected chi connectivity index (χ3v) is 4.59. The quantitative estimate of drug-likeness (QED) is 0.568. The second-order valence-corrected chi connectivity index (χ2v) is 6.26. The third kappa shape index (κ3) is 3.86. The molecule has 28 heavy (non-hydrogen) atoms. The number of hydrogen-bond donors (Lipinski definition) is 0. The first-order valence-corrected chi connectivity index (χ1v) is 9.06. The lowest BCUT2D eigenvalue weighted by molar-refractivity contribution is -0.143. The zero-order valence-electron chi connectivity index (χ0n) is 16.2. The van der Waals surface area contributed by atoms with E-state index in [2.05, 4.69) is 0 Å². The third-order valence-electron chi connectivity index (χ3n) is 4.59. The van der Waals surface area contributed by atoms with E-state index in [0.717, 1.165) is 16.8 Å². The van der Waals surface area contributed by atoms with Crippen LogP contribution in [0.4, 0.5) is 5.69 Å². The molecule has 2 aromatic rings. The van der Waals surface area contributed by atoms with Crippen molar-refractivity contribution in [3.63, 3.8) is 0 Å². The molecule has 0 fully saturated rings. The molecule has 0 aliphatic carbocycles. The van der Waals surface area contributed by atoms with Crippen molar-refractivity contribution in [3.8, 4) is 11.5 Å². The highest BCUT2D eigenvalue weighted by Crippen LogP contribution is 2.33. The topological polar surface area (TPSA) is 65.1 Å². The van der Waals surface area contributed by atoms with Gasteiger partial charge in [-0.2, -0.15) is 0 Å². The van der Waals surface area contributed by atoms with Gasteiger partial charge in [0.15, 0.2) is 11.5 Å². The van der Waals surface area contributed by atoms with E-state index in [9.17, 15) is 9.59 Å². The number of methoxy groups -OCH3 is 2. The Labute approximate surface area is 164 Å². The molecule has 0 spiro atoms. The molecule has 1 aliphatic heterocycles. The van der Waals surface area contributed by atoms with Crippen molar-refractivity contribution in [3.05, 3.63) is 59.7 Å². The van der Waals surface area contributed by atoms with Crippen LogP contribution in [-0.2, 0) is 20.7 Å². The van der Waals surface area contributed by atoms with E-state index < -0.39 is 12.0 Å². The highest BCUT2D eigenvalue weighted by Gasteiger charge is 2.38. The van der Waals surface area contributed by atoms with Gasteiger partial charge < -0.3 is 14.2 Å². The molecule has 0 saturated carbocycles. The number of nitrogens with zero attached hydrogens (tertiary/aromatic N) is 1. The normalized spacial score (nSPS) is 15.4. The summed E-state index contributed by atoms with van der Waals surface area (Å²) in [6, 6.07) is 12.3. The van der Waals surface area contributed by atoms with Crippen molar-refractivity contribution >= 4 is 23.6 Å². The number of benzene rings is 2. The summed E-state index contributed by atoms with van der Waals surface area (Å²) in [7, 11) is 2.90. The second kappa shape index (κ2) is 8.61. The van der Waals surface area contributed by atoms with E-state index >= 15 is 0 Å². The summed E-state index contributed by atoms with van der Waals surface area (Å²) in [5, 5.41) is 0. The van der Waals surface area contributed by atoms with Gasteiger partial charge in [-0.25, -0.2) is 4.79 Å². The monoisotopic (exact) mass is 381 g/mol. The Morgan fingerprint density at radius 2 is 1.93 bits per heavy atom. The Kier molecular flexibility index (Phi) is 5.99. The van der Waals surface area contributed by atoms with Gasteiger partial charge in [-0.3, -0.25) is 9.69 Å². The van der Waals surface area contributed by atoms with Gasteiger partial charge >= 0.3 is 5.97 Å². The second-order valence-electron chi connectivity index (χ2n) is 6.26. The first-order chi connectivity index (χ1) is 13.6. The summed E-state index contributed by atoms with van der Waals surface area (Å²) >= 11 is 0. The largest absolute Gasteiger partial charge is 0.493 e. The number of para-hydroxylation sites is 1. The van der Waals surface area contributed by atoms with Crippen molar-refractivity contribution in [2.24, 2.45) is 0 Å². The van der Waals surface area contributed by atoms with Crippen LogP contribution < -0.4 is 14.4 Å². The summed E-state index contributed by atoms with van der Waals surface area (Å²) < 4.78 is 15.7. The van der Waals surface area contributed by atoms with Crippen LogP contribution in [0.2, 0.25) is 0 Å². The minimum atomic E-state index is -0.658. The molecule has 1 atom stereocenters. The predicted octanol–water partition coefficient (Wildman–Crippen LogP) is 3.24. The number of rotatable bonds is 6. The van der Waals surface area contributed by atoms with E-state index in [1.165, 1.54) is 18.1 Å². The van der Waals surface area contributed by atoms with Crippen LogP contribution in [-0.4, -0.2) is 38.7 Å². The number of fused-ring (bicyclic) bond motifs is 1. The molecule has 0 radical (unpaired) electrons. The molecular formula is C22H23NO5. The smallest absolute Gasteiger partial charge is 0.329 e. The number of carbonyl (C=O) groups is 2. The van der Waals surface area contributed by atoms with Crippen molar-refractivity contribution in [1.82, 2.24) is 0 Å². The standard InChI is InChI=1S/C22H23NO5/c1-4-28-19-11-9-15(13-20(19)26-2)10-12-21(24)23-17-8-6-5-7-16(17)14-18(23)22(25)27-3/h5-13,18H,4,14H2,1-3H3/b12-10+. The van der Waals surface area contributed by atoms with Gasteiger partial charge in [0, 0.05) is 18.2 Å². The van der Waals surface area contributed by atoms with Gasteiger partial charge in [-0.1, -0.05) is 24.3 Å². The molecule has 6 nitrogen and oxygen atoms in total. The number of hydrogen-bond acceptors (Lipinski definition) is 5. The van der Waals surface area contributed by atoms with Crippen molar-refractivity contribution in [2.75, 3.05) is 25.7 Å². The van der Waals surface area contributed by atoms with Gasteiger partial charge in [-0.05, 0) is 42.3 Å². The fraction of sp³-hybridized carbons (Fsp3) is 0.273. The molecule has 1 aliphatic rings. The van der Waals surface area contributed by atoms with E-state index in [-0.39, 0.29) is 5.91 Å². The number of anilines is 1. The van der Waals surface area contributed by atoms with Crippen LogP contribution in [0.5, 0.6) is 11.5 Å². The predicted molar refractivity (Wildman–Crippen MR) is 107 cm³/mol. The van der Waals surface area contributed by atoms with Gasteiger partial charge in [0.25, 0.3) is 5.91 Å². The number of ether oxygens (including phenoxy) is 3. The minimum Gasteiger partial charge on any atom is -0.493 e. The summed E-state index contributed by atoms with van der Waals surface area (Å²) in [5.74, 6) is 0.525. The lowest BCUT2D eigenvalue weighted by Crippen LogP contribution is -2.42. The zero-order chi connectivity index (χ0) is 20.1. The molecule has 1 amide bonds. The number of esters is 1. The highest BCUT2D eigenvalue weighted by molar-refractivity contribution is 6.09. The van der Waals surface area contributed by atoms with E-state index in [1.807, 2.05) is 37.3 Å². The maximum Gasteiger partial charge on any atom is 0.329 e. The average molecular weight is 381 g/mol. The lowest BCUT2D eigenvalue weighted by Gasteiger charge is -2.22. The summed E-state index contributed by atoms with van der Waals surface area (Å²) in [6.45, 7) is 2.44. The summed E-state index contributed by atoms with van der Waals surface area (Å²) in [6.07, 6.45) is 3.59. The molecule has 1 heterocycles. The van der Waals surface area contributed by atoms with Crippen LogP contribution in [0.3, 0.4) is 0 Å². The Balaban J connectivity index is 1.85. The van der Waals surface area contributed by atoms with Crippen LogP contribution in [0.15, 0.2) is 48.5 Å². The molecule has 0 aromatic heterocycles. The van der Waals surface area contributed by atoms with Crippen molar-refractivity contribution < 1.29 is 23.8 Å². The van der Waals surface area contributed by atoms with Gasteiger partial charge in [0.1, 0.15) is 6.04 Å². The number of amides is 1. The van der Waals surface area contributed by atoms with Crippen molar-refractivity contribution in [2.45, 2.75) is 19.4 Å². The molecule has 6 heteroatoms. The summed E-state index contributed by atoms with van der Waals surface area (Å²) in [4.78, 5) is 26.6. The van der Waals surface area contributed by atoms with E-state index in [0.29, 0.717) is 24.5 Å². The van der Waals surface area contributed by atoms with E-state index in [4.69, 9.17) is 14.2 Å². The Hall–Kier alpha value is -3.28. The molecule has 0 bridgehead atoms. The Morgan fingerprint density at radius 1 is 1.14 bits per heavy atom. The molecule has 3 rings (SSSR count). The van der Waals surface area contributed by atoms with Gasteiger partial charge in [0.05, 0.1) is 20.8 Å². The number of carbonyl (C=O) groups excluding carboxylic acids is 2. The molecule has 146 valence electrons. The van der Waals surface area contributed by atoms with Gasteiger partial charge in [-0.15, -0.1) is 0 Å². The Bertz CT molecular complexity index is 906. The maximum absolute atomic E-state index is 12.9. The highest BCUT2D eigenvalue weighted by atomic mass is 16.5. The first kappa shape index (κ1) is 19.5. The zero-order valence-corrected chi connectivity index (χ0v) is 16.2. The molecular weight excluding hydrogens is 358 g/mol. The SMILES string of the molecule is CCOc1ccc(/C=C/C(=O)N2c3ccccc3CC2C(=O)OC)cc1OC. The summed E-state index contributed by atoms with van der Waals surface area (Å²) in [5.41, 5.74) is 2.47. The maximum atomic E-state index is 12.9. The van der Waals surface area contributed by atoms with Gasteiger partial charge in [0.2, 0.25) is 0 Å². The van der Waals surface area contributed by atoms with E-state index in [1.54, 1.807) is 25.3 Å². The van der Waals surface area contributed by atoms with Crippen molar-refractivity contribution in [1.29, 1.82) is 0 Å². The molecule has 1 unspecified atom stereocenters. The van der Waals surface area contributed by atoms with Crippen LogP contribution in [0.25, 0.3) is 6.08 Å². The van der Waals surface area contributed by atoms with Crippen LogP contribution in [0.1, 0.15) is 18.1 Å². The molecule has 2 aromatic carbocycles. The minimum absolute atomic E-state index is 0.284. The first-order valence-electron chi connectivity index (χ1n) is 9.06. The van der Waals surface area contributed by atoms with Crippen LogP contribution in [0, 0.1) is 0 Å². The molecule has 0 saturated heterocycles. The fourth-order valence-corrected chi connectivity index (χ4v) is 3.29. The fourth-order valence-electron chi connectivity index (χ4n) is 3.29. The Morgan fingerprint density at radius 3 is 2.64 bits per heavy atom.